The topological polar surface area (TPSA) is 58.2 Å². The van der Waals surface area contributed by atoms with Crippen LogP contribution in [0.3, 0.4) is 0 Å². The van der Waals surface area contributed by atoms with Gasteiger partial charge in [0, 0.05) is 17.0 Å². The van der Waals surface area contributed by atoms with Crippen LogP contribution in [-0.4, -0.2) is 20.5 Å². The van der Waals surface area contributed by atoms with E-state index >= 15 is 0 Å². The molecule has 0 radical (unpaired) electrons. The van der Waals surface area contributed by atoms with Crippen molar-refractivity contribution in [3.05, 3.63) is 16.3 Å². The van der Waals surface area contributed by atoms with Crippen molar-refractivity contribution in [2.75, 3.05) is 6.54 Å². The Hall–Kier alpha value is -0.430. The first-order valence-corrected chi connectivity index (χ1v) is 8.99. The van der Waals surface area contributed by atoms with Crippen LogP contribution in [0.1, 0.15) is 45.4 Å². The first kappa shape index (κ1) is 16.6. The van der Waals surface area contributed by atoms with Crippen molar-refractivity contribution in [1.82, 2.24) is 10.0 Å². The van der Waals surface area contributed by atoms with Crippen molar-refractivity contribution >= 4 is 21.4 Å². The number of sulfonamides is 1. The fourth-order valence-electron chi connectivity index (χ4n) is 2.03. The third-order valence-corrected chi connectivity index (χ3v) is 5.65. The van der Waals surface area contributed by atoms with E-state index in [1.165, 1.54) is 11.3 Å². The predicted molar refractivity (Wildman–Crippen MR) is 81.0 cm³/mol. The number of rotatable bonds is 8. The summed E-state index contributed by atoms with van der Waals surface area (Å²) in [6.07, 6.45) is 1.77. The first-order chi connectivity index (χ1) is 8.82. The summed E-state index contributed by atoms with van der Waals surface area (Å²) in [5, 5.41) is 5.00. The van der Waals surface area contributed by atoms with Crippen molar-refractivity contribution < 1.29 is 8.42 Å². The van der Waals surface area contributed by atoms with Gasteiger partial charge in [-0.25, -0.2) is 13.1 Å². The molecule has 0 aromatic carbocycles. The number of nitrogens with one attached hydrogen (secondary N) is 2. The molecule has 0 saturated carbocycles. The standard InChI is InChI=1S/C13H24N2O2S2/c1-5-8-13(3,4)15-19(16,17)12-7-9-18-11(12)10-14-6-2/h7,9,14-15H,5-6,8,10H2,1-4H3. The van der Waals surface area contributed by atoms with Crippen LogP contribution in [0.2, 0.25) is 0 Å². The van der Waals surface area contributed by atoms with Gasteiger partial charge in [0.2, 0.25) is 10.0 Å². The minimum absolute atomic E-state index is 0.405. The normalized spacial score (nSPS) is 12.8. The van der Waals surface area contributed by atoms with Crippen LogP contribution in [-0.2, 0) is 16.6 Å². The largest absolute Gasteiger partial charge is 0.312 e. The van der Waals surface area contributed by atoms with E-state index in [1.807, 2.05) is 26.2 Å². The third-order valence-electron chi connectivity index (χ3n) is 2.82. The van der Waals surface area contributed by atoms with Gasteiger partial charge in [-0.3, -0.25) is 0 Å². The van der Waals surface area contributed by atoms with E-state index in [0.717, 1.165) is 24.3 Å². The Balaban J connectivity index is 2.91. The quantitative estimate of drug-likeness (QED) is 0.776. The van der Waals surface area contributed by atoms with E-state index in [1.54, 1.807) is 6.07 Å². The summed E-state index contributed by atoms with van der Waals surface area (Å²) < 4.78 is 27.7. The lowest BCUT2D eigenvalue weighted by atomic mass is 10.0. The highest BCUT2D eigenvalue weighted by Gasteiger charge is 2.27. The van der Waals surface area contributed by atoms with E-state index in [-0.39, 0.29) is 0 Å². The minimum Gasteiger partial charge on any atom is -0.312 e. The highest BCUT2D eigenvalue weighted by Crippen LogP contribution is 2.24. The fourth-order valence-corrected chi connectivity index (χ4v) is 4.89. The van der Waals surface area contributed by atoms with E-state index in [0.29, 0.717) is 11.4 Å². The molecule has 2 N–H and O–H groups in total. The van der Waals surface area contributed by atoms with Gasteiger partial charge >= 0.3 is 0 Å². The van der Waals surface area contributed by atoms with Crippen LogP contribution in [0.4, 0.5) is 0 Å². The van der Waals surface area contributed by atoms with Gasteiger partial charge in [-0.05, 0) is 38.3 Å². The molecule has 1 rings (SSSR count). The lowest BCUT2D eigenvalue weighted by molar-refractivity contribution is 0.417. The molecule has 1 aromatic rings. The van der Waals surface area contributed by atoms with Crippen LogP contribution in [0.15, 0.2) is 16.3 Å². The molecule has 0 bridgehead atoms. The molecule has 4 nitrogen and oxygen atoms in total. The van der Waals surface area contributed by atoms with E-state index in [4.69, 9.17) is 0 Å². The molecule has 1 heterocycles. The third kappa shape index (κ3) is 4.87. The molecule has 0 amide bonds. The van der Waals surface area contributed by atoms with Crippen LogP contribution < -0.4 is 10.0 Å². The van der Waals surface area contributed by atoms with Crippen molar-refractivity contribution in [2.45, 2.75) is 57.5 Å². The van der Waals surface area contributed by atoms with Crippen molar-refractivity contribution in [3.63, 3.8) is 0 Å². The highest BCUT2D eigenvalue weighted by molar-refractivity contribution is 7.89. The highest BCUT2D eigenvalue weighted by atomic mass is 32.2. The molecule has 6 heteroatoms. The Labute approximate surface area is 120 Å². The molecule has 0 aliphatic rings. The van der Waals surface area contributed by atoms with Crippen LogP contribution in [0.25, 0.3) is 0 Å². The van der Waals surface area contributed by atoms with Crippen LogP contribution >= 0.6 is 11.3 Å². The Morgan fingerprint density at radius 3 is 2.58 bits per heavy atom. The average molecular weight is 304 g/mol. The molecule has 0 spiro atoms. The minimum atomic E-state index is -3.44. The lowest BCUT2D eigenvalue weighted by Gasteiger charge is -2.25. The Kier molecular flexibility index (Phi) is 5.98. The lowest BCUT2D eigenvalue weighted by Crippen LogP contribution is -2.43. The van der Waals surface area contributed by atoms with Crippen molar-refractivity contribution in [2.24, 2.45) is 0 Å². The van der Waals surface area contributed by atoms with Crippen molar-refractivity contribution in [1.29, 1.82) is 0 Å². The van der Waals surface area contributed by atoms with Gasteiger partial charge in [-0.1, -0.05) is 20.3 Å². The van der Waals surface area contributed by atoms with E-state index < -0.39 is 15.6 Å². The molecule has 19 heavy (non-hydrogen) atoms. The second kappa shape index (κ2) is 6.83. The fraction of sp³-hybridized carbons (Fsp3) is 0.692. The predicted octanol–water partition coefficient (Wildman–Crippen LogP) is 2.71. The SMILES string of the molecule is CCCC(C)(C)NS(=O)(=O)c1ccsc1CNCC. The maximum atomic E-state index is 12.4. The summed E-state index contributed by atoms with van der Waals surface area (Å²) in [6.45, 7) is 9.32. The molecule has 1 aromatic heterocycles. The van der Waals surface area contributed by atoms with Crippen LogP contribution in [0.5, 0.6) is 0 Å². The molecular formula is C13H24N2O2S2. The molecular weight excluding hydrogens is 280 g/mol. The van der Waals surface area contributed by atoms with Gasteiger partial charge < -0.3 is 5.32 Å². The van der Waals surface area contributed by atoms with Gasteiger partial charge in [0.1, 0.15) is 0 Å². The average Bonchev–Trinajstić information content (AvgIpc) is 2.73. The van der Waals surface area contributed by atoms with E-state index in [9.17, 15) is 8.42 Å². The summed E-state index contributed by atoms with van der Waals surface area (Å²) in [5.41, 5.74) is -0.412. The Bertz CT molecular complexity index is 492. The second-order valence-electron chi connectivity index (χ2n) is 5.23. The molecule has 0 aliphatic carbocycles. The summed E-state index contributed by atoms with van der Waals surface area (Å²) >= 11 is 1.47. The molecule has 0 saturated heterocycles. The zero-order valence-corrected chi connectivity index (χ0v) is 13.7. The van der Waals surface area contributed by atoms with Gasteiger partial charge in [0.05, 0.1) is 4.90 Å². The first-order valence-electron chi connectivity index (χ1n) is 6.63. The number of hydrogen-bond donors (Lipinski definition) is 2. The Morgan fingerprint density at radius 1 is 1.32 bits per heavy atom. The monoisotopic (exact) mass is 304 g/mol. The summed E-state index contributed by atoms with van der Waals surface area (Å²) in [6, 6.07) is 1.68. The Morgan fingerprint density at radius 2 is 2.00 bits per heavy atom. The molecule has 0 unspecified atom stereocenters. The van der Waals surface area contributed by atoms with Gasteiger partial charge in [-0.15, -0.1) is 11.3 Å². The van der Waals surface area contributed by atoms with Gasteiger partial charge in [0.15, 0.2) is 0 Å². The number of thiophene rings is 1. The number of hydrogen-bond acceptors (Lipinski definition) is 4. The zero-order chi connectivity index (χ0) is 14.5. The van der Waals surface area contributed by atoms with Crippen molar-refractivity contribution in [3.8, 4) is 0 Å². The molecule has 0 atom stereocenters. The summed E-state index contributed by atoms with van der Waals surface area (Å²) in [5.74, 6) is 0. The second-order valence-corrected chi connectivity index (χ2v) is 7.88. The molecule has 0 fully saturated rings. The zero-order valence-electron chi connectivity index (χ0n) is 12.1. The maximum Gasteiger partial charge on any atom is 0.242 e. The van der Waals surface area contributed by atoms with Gasteiger partial charge in [-0.2, -0.15) is 0 Å². The molecule has 110 valence electrons. The molecule has 0 aliphatic heterocycles. The van der Waals surface area contributed by atoms with Gasteiger partial charge in [0.25, 0.3) is 0 Å². The van der Waals surface area contributed by atoms with E-state index in [2.05, 4.69) is 17.0 Å². The maximum absolute atomic E-state index is 12.4. The van der Waals surface area contributed by atoms with Crippen LogP contribution in [0, 0.1) is 0 Å². The smallest absolute Gasteiger partial charge is 0.242 e. The summed E-state index contributed by atoms with van der Waals surface area (Å²) in [7, 11) is -3.44. The summed E-state index contributed by atoms with van der Waals surface area (Å²) in [4.78, 5) is 1.27.